The molecule has 0 aromatic heterocycles. The largest absolute Gasteiger partial charge is 0.466 e. The van der Waals surface area contributed by atoms with E-state index in [1.807, 2.05) is 6.08 Å². The predicted molar refractivity (Wildman–Crippen MR) is 57.8 cm³/mol. The highest BCUT2D eigenvalue weighted by Gasteiger charge is 2.00. The molecule has 0 saturated carbocycles. The minimum absolute atomic E-state index is 1.20. The molecule has 0 aliphatic heterocycles. The molecule has 0 radical (unpaired) electrons. The second-order valence-electron chi connectivity index (χ2n) is 3.00. The molecule has 0 fully saturated rings. The van der Waals surface area contributed by atoms with E-state index in [0.29, 0.717) is 0 Å². The van der Waals surface area contributed by atoms with Crippen molar-refractivity contribution in [3.8, 4) is 0 Å². The Labute approximate surface area is 85.9 Å². The summed E-state index contributed by atoms with van der Waals surface area (Å²) in [5.74, 6) is 0. The molecule has 0 heterocycles. The van der Waals surface area contributed by atoms with Crippen molar-refractivity contribution in [1.29, 1.82) is 0 Å². The molecule has 4 nitrogen and oxygen atoms in total. The summed E-state index contributed by atoms with van der Waals surface area (Å²) in [6.45, 7) is 5.92. The fraction of sp³-hybridized carbons (Fsp3) is 0.778. The highest BCUT2D eigenvalue weighted by molar-refractivity contribution is 7.45. The molecule has 0 amide bonds. The van der Waals surface area contributed by atoms with Gasteiger partial charge in [0.05, 0.1) is 0 Å². The Bertz CT molecular complexity index is 156. The van der Waals surface area contributed by atoms with Gasteiger partial charge in [-0.2, -0.15) is 0 Å². The van der Waals surface area contributed by atoms with Gasteiger partial charge in [0.2, 0.25) is 0 Å². The molecule has 0 rings (SSSR count). The molecular weight excluding hydrogens is 203 g/mol. The molecule has 0 bridgehead atoms. The molecule has 0 aromatic rings. The second kappa shape index (κ2) is 10.9. The minimum atomic E-state index is -4.64. The maximum Gasteiger partial charge on any atom is 0.466 e. The van der Waals surface area contributed by atoms with Gasteiger partial charge in [-0.1, -0.05) is 38.7 Å². The number of hydrogen-bond acceptors (Lipinski definition) is 1. The number of unbranched alkanes of at least 4 members (excludes halogenated alkanes) is 5. The quantitative estimate of drug-likeness (QED) is 0.368. The van der Waals surface area contributed by atoms with Crippen LogP contribution in [0, 0.1) is 0 Å². The zero-order valence-electron chi connectivity index (χ0n) is 8.72. The van der Waals surface area contributed by atoms with Gasteiger partial charge in [-0.05, 0) is 12.8 Å². The molecule has 3 N–H and O–H groups in total. The Balaban J connectivity index is 0. The number of hydrogen-bond donors (Lipinski definition) is 3. The molecule has 0 aliphatic carbocycles. The van der Waals surface area contributed by atoms with Crippen LogP contribution in [0.3, 0.4) is 0 Å². The molecular formula is C9H21O4P. The normalized spacial score (nSPS) is 10.3. The molecule has 86 valence electrons. The van der Waals surface area contributed by atoms with Crippen LogP contribution in [-0.4, -0.2) is 14.7 Å². The SMILES string of the molecule is C=CCCCCCCC.O=P(O)(O)O. The van der Waals surface area contributed by atoms with E-state index in [2.05, 4.69) is 13.5 Å². The lowest BCUT2D eigenvalue weighted by atomic mass is 10.1. The van der Waals surface area contributed by atoms with Crippen LogP contribution < -0.4 is 0 Å². The Hall–Kier alpha value is -0.150. The highest BCUT2D eigenvalue weighted by Crippen LogP contribution is 2.25. The molecule has 0 aliphatic rings. The summed E-state index contributed by atoms with van der Waals surface area (Å²) in [6.07, 6.45) is 10.1. The first-order valence-electron chi connectivity index (χ1n) is 4.81. The van der Waals surface area contributed by atoms with E-state index in [-0.39, 0.29) is 0 Å². The van der Waals surface area contributed by atoms with Gasteiger partial charge >= 0.3 is 7.82 Å². The van der Waals surface area contributed by atoms with Crippen molar-refractivity contribution in [1.82, 2.24) is 0 Å². The van der Waals surface area contributed by atoms with Gasteiger partial charge < -0.3 is 14.7 Å². The second-order valence-corrected chi connectivity index (χ2v) is 4.03. The minimum Gasteiger partial charge on any atom is -0.303 e. The van der Waals surface area contributed by atoms with Gasteiger partial charge in [-0.15, -0.1) is 6.58 Å². The van der Waals surface area contributed by atoms with Crippen molar-refractivity contribution in [2.45, 2.75) is 45.4 Å². The lowest BCUT2D eigenvalue weighted by Crippen LogP contribution is -1.74. The van der Waals surface area contributed by atoms with Crippen LogP contribution in [0.1, 0.15) is 45.4 Å². The Morgan fingerprint density at radius 3 is 1.93 bits per heavy atom. The summed E-state index contributed by atoms with van der Waals surface area (Å²) in [4.78, 5) is 21.6. The third-order valence-corrected chi connectivity index (χ3v) is 1.51. The highest BCUT2D eigenvalue weighted by atomic mass is 31.2. The van der Waals surface area contributed by atoms with Crippen LogP contribution in [0.2, 0.25) is 0 Å². The lowest BCUT2D eigenvalue weighted by Gasteiger charge is -1.94. The van der Waals surface area contributed by atoms with Gasteiger partial charge in [0, 0.05) is 0 Å². The van der Waals surface area contributed by atoms with Crippen LogP contribution in [-0.2, 0) is 4.57 Å². The molecule has 5 heteroatoms. The first-order chi connectivity index (χ1) is 6.41. The molecule has 0 saturated heterocycles. The van der Waals surface area contributed by atoms with Gasteiger partial charge in [-0.3, -0.25) is 0 Å². The molecule has 14 heavy (non-hydrogen) atoms. The third-order valence-electron chi connectivity index (χ3n) is 1.51. The molecule has 0 spiro atoms. The standard InChI is InChI=1S/C9H18.H3O4P/c1-3-5-7-9-8-6-4-2;1-5(2,3)4/h3H,1,4-9H2,2H3;(H3,1,2,3,4). The number of phosphoric acid groups is 1. The molecule has 0 aromatic carbocycles. The average Bonchev–Trinajstić information content (AvgIpc) is 2.01. The summed E-state index contributed by atoms with van der Waals surface area (Å²) in [5, 5.41) is 0. The van der Waals surface area contributed by atoms with E-state index in [1.165, 1.54) is 38.5 Å². The zero-order valence-corrected chi connectivity index (χ0v) is 9.62. The van der Waals surface area contributed by atoms with Crippen LogP contribution >= 0.6 is 7.82 Å². The van der Waals surface area contributed by atoms with Crippen molar-refractivity contribution >= 4 is 7.82 Å². The van der Waals surface area contributed by atoms with Gasteiger partial charge in [0.25, 0.3) is 0 Å². The van der Waals surface area contributed by atoms with E-state index in [0.717, 1.165) is 0 Å². The van der Waals surface area contributed by atoms with E-state index < -0.39 is 7.82 Å². The first-order valence-corrected chi connectivity index (χ1v) is 6.37. The summed E-state index contributed by atoms with van der Waals surface area (Å²) < 4.78 is 8.88. The van der Waals surface area contributed by atoms with E-state index in [1.54, 1.807) is 0 Å². The summed E-state index contributed by atoms with van der Waals surface area (Å²) in [5.41, 5.74) is 0. The van der Waals surface area contributed by atoms with Gasteiger partial charge in [0.1, 0.15) is 0 Å². The van der Waals surface area contributed by atoms with Crippen LogP contribution in [0.4, 0.5) is 0 Å². The summed E-state index contributed by atoms with van der Waals surface area (Å²) >= 11 is 0. The summed E-state index contributed by atoms with van der Waals surface area (Å²) in [6, 6.07) is 0. The van der Waals surface area contributed by atoms with Crippen LogP contribution in [0.25, 0.3) is 0 Å². The Kier molecular flexibility index (Phi) is 12.7. The zero-order chi connectivity index (χ0) is 11.4. The maximum absolute atomic E-state index is 8.88. The lowest BCUT2D eigenvalue weighted by molar-refractivity contribution is 0.275. The third kappa shape index (κ3) is 40.8. The van der Waals surface area contributed by atoms with Crippen molar-refractivity contribution in [3.05, 3.63) is 12.7 Å². The van der Waals surface area contributed by atoms with E-state index >= 15 is 0 Å². The first kappa shape index (κ1) is 16.3. The fourth-order valence-electron chi connectivity index (χ4n) is 0.892. The van der Waals surface area contributed by atoms with Gasteiger partial charge in [-0.25, -0.2) is 4.57 Å². The van der Waals surface area contributed by atoms with E-state index in [9.17, 15) is 0 Å². The van der Waals surface area contributed by atoms with Crippen molar-refractivity contribution in [2.75, 3.05) is 0 Å². The maximum atomic E-state index is 8.88. The van der Waals surface area contributed by atoms with Gasteiger partial charge in [0.15, 0.2) is 0 Å². The molecule has 0 atom stereocenters. The Morgan fingerprint density at radius 2 is 1.57 bits per heavy atom. The number of allylic oxidation sites excluding steroid dienone is 1. The van der Waals surface area contributed by atoms with Crippen molar-refractivity contribution < 1.29 is 19.2 Å². The Morgan fingerprint density at radius 1 is 1.14 bits per heavy atom. The number of rotatable bonds is 6. The summed E-state index contributed by atoms with van der Waals surface area (Å²) in [7, 11) is -4.64. The van der Waals surface area contributed by atoms with Crippen LogP contribution in [0.15, 0.2) is 12.7 Å². The fourth-order valence-corrected chi connectivity index (χ4v) is 0.892. The van der Waals surface area contributed by atoms with Crippen LogP contribution in [0.5, 0.6) is 0 Å². The molecule has 0 unspecified atom stereocenters. The van der Waals surface area contributed by atoms with E-state index in [4.69, 9.17) is 19.2 Å². The van der Waals surface area contributed by atoms with Crippen molar-refractivity contribution in [2.24, 2.45) is 0 Å². The predicted octanol–water partition coefficient (Wildman–Crippen LogP) is 2.60. The topological polar surface area (TPSA) is 77.8 Å². The smallest absolute Gasteiger partial charge is 0.303 e. The monoisotopic (exact) mass is 224 g/mol. The average molecular weight is 224 g/mol. The van der Waals surface area contributed by atoms with Crippen molar-refractivity contribution in [3.63, 3.8) is 0 Å².